The average Bonchev–Trinajstić information content (AvgIpc) is 2.57. The van der Waals surface area contributed by atoms with Crippen LogP contribution in [0.15, 0.2) is 29.2 Å². The molecule has 2 aromatic rings. The van der Waals surface area contributed by atoms with E-state index in [2.05, 4.69) is 5.10 Å². The van der Waals surface area contributed by atoms with E-state index in [9.17, 15) is 4.79 Å². The molecule has 26 heavy (non-hydrogen) atoms. The summed E-state index contributed by atoms with van der Waals surface area (Å²) in [5.74, 6) is 0.757. The monoisotopic (exact) mass is 400 g/mol. The molecule has 0 fully saturated rings. The number of hydrogen-bond donors (Lipinski definition) is 1. The highest BCUT2D eigenvalue weighted by Crippen LogP contribution is 2.27. The van der Waals surface area contributed by atoms with Crippen LogP contribution in [0.4, 0.5) is 0 Å². The lowest BCUT2D eigenvalue weighted by molar-refractivity contribution is 0.233. The van der Waals surface area contributed by atoms with Crippen LogP contribution in [-0.4, -0.2) is 28.1 Å². The third-order valence-electron chi connectivity index (χ3n) is 3.47. The summed E-state index contributed by atoms with van der Waals surface area (Å²) in [5.41, 5.74) is -0.0820. The molecule has 1 N–H and O–H groups in total. The molecule has 8 heteroatoms. The van der Waals surface area contributed by atoms with Gasteiger partial charge in [-0.3, -0.25) is 4.79 Å². The fraction of sp³-hybridized carbons (Fsp3) is 0.444. The Morgan fingerprint density at radius 1 is 1.19 bits per heavy atom. The van der Waals surface area contributed by atoms with Gasteiger partial charge in [0.1, 0.15) is 12.4 Å². The zero-order valence-electron chi connectivity index (χ0n) is 15.0. The molecular formula is C18H22Cl2N2O4. The van der Waals surface area contributed by atoms with Crippen LogP contribution >= 0.6 is 23.2 Å². The zero-order chi connectivity index (χ0) is 19.3. The van der Waals surface area contributed by atoms with Crippen LogP contribution in [0.5, 0.6) is 11.5 Å². The second kappa shape index (κ2) is 8.75. The van der Waals surface area contributed by atoms with Crippen LogP contribution < -0.4 is 15.0 Å². The number of halogens is 2. The minimum atomic E-state index is -0.474. The van der Waals surface area contributed by atoms with Gasteiger partial charge in [0.05, 0.1) is 23.4 Å². The SMILES string of the molecule is CC(C)(C)n1ncc(OCc2ccc(OCCCO)c(Cl)c2)c(Cl)c1=O. The van der Waals surface area contributed by atoms with Gasteiger partial charge in [-0.15, -0.1) is 0 Å². The Hall–Kier alpha value is -1.76. The number of ether oxygens (including phenoxy) is 2. The van der Waals surface area contributed by atoms with Crippen LogP contribution in [0, 0.1) is 0 Å². The summed E-state index contributed by atoms with van der Waals surface area (Å²) in [4.78, 5) is 12.3. The third kappa shape index (κ3) is 5.13. The molecule has 1 aromatic carbocycles. The van der Waals surface area contributed by atoms with Gasteiger partial charge >= 0.3 is 0 Å². The third-order valence-corrected chi connectivity index (χ3v) is 4.12. The highest BCUT2D eigenvalue weighted by Gasteiger charge is 2.20. The maximum atomic E-state index is 12.3. The van der Waals surface area contributed by atoms with Crippen LogP contribution in [-0.2, 0) is 12.1 Å². The number of aliphatic hydroxyl groups is 1. The molecule has 0 aliphatic carbocycles. The lowest BCUT2D eigenvalue weighted by atomic mass is 10.1. The highest BCUT2D eigenvalue weighted by atomic mass is 35.5. The molecule has 0 atom stereocenters. The summed E-state index contributed by atoms with van der Waals surface area (Å²) in [6, 6.07) is 5.25. The lowest BCUT2D eigenvalue weighted by Crippen LogP contribution is -2.36. The van der Waals surface area contributed by atoms with Crippen molar-refractivity contribution in [3.8, 4) is 11.5 Å². The summed E-state index contributed by atoms with van der Waals surface area (Å²) >= 11 is 12.3. The largest absolute Gasteiger partial charge is 0.492 e. The second-order valence-corrected chi connectivity index (χ2v) is 7.47. The van der Waals surface area contributed by atoms with E-state index in [4.69, 9.17) is 37.8 Å². The topological polar surface area (TPSA) is 73.6 Å². The summed E-state index contributed by atoms with van der Waals surface area (Å²) in [7, 11) is 0. The van der Waals surface area contributed by atoms with Gasteiger partial charge in [0.25, 0.3) is 5.56 Å². The quantitative estimate of drug-likeness (QED) is 0.717. The Balaban J connectivity index is 2.08. The van der Waals surface area contributed by atoms with Crippen molar-refractivity contribution < 1.29 is 14.6 Å². The van der Waals surface area contributed by atoms with Gasteiger partial charge < -0.3 is 14.6 Å². The molecule has 0 spiro atoms. The van der Waals surface area contributed by atoms with Crippen molar-refractivity contribution in [1.82, 2.24) is 9.78 Å². The van der Waals surface area contributed by atoms with E-state index in [-0.39, 0.29) is 24.0 Å². The van der Waals surface area contributed by atoms with Gasteiger partial charge in [-0.2, -0.15) is 5.10 Å². The molecular weight excluding hydrogens is 379 g/mol. The van der Waals surface area contributed by atoms with Crippen molar-refractivity contribution in [2.24, 2.45) is 0 Å². The molecule has 0 amide bonds. The summed E-state index contributed by atoms with van der Waals surface area (Å²) < 4.78 is 12.4. The number of nitrogens with zero attached hydrogens (tertiary/aromatic N) is 2. The molecule has 142 valence electrons. The van der Waals surface area contributed by atoms with Gasteiger partial charge in [0.2, 0.25) is 0 Å². The Morgan fingerprint density at radius 2 is 1.92 bits per heavy atom. The first-order chi connectivity index (χ1) is 12.2. The van der Waals surface area contributed by atoms with Gasteiger partial charge in [-0.1, -0.05) is 29.3 Å². The van der Waals surface area contributed by atoms with E-state index in [0.717, 1.165) is 5.56 Å². The van der Waals surface area contributed by atoms with Gasteiger partial charge in [-0.05, 0) is 38.5 Å². The zero-order valence-corrected chi connectivity index (χ0v) is 16.5. The molecule has 1 aromatic heterocycles. The van der Waals surface area contributed by atoms with Crippen molar-refractivity contribution in [1.29, 1.82) is 0 Å². The Labute approximate surface area is 162 Å². The minimum absolute atomic E-state index is 0.00928. The average molecular weight is 401 g/mol. The molecule has 6 nitrogen and oxygen atoms in total. The molecule has 0 saturated carbocycles. The molecule has 0 aliphatic rings. The molecule has 0 saturated heterocycles. The van der Waals surface area contributed by atoms with Crippen molar-refractivity contribution in [3.63, 3.8) is 0 Å². The normalized spacial score (nSPS) is 11.5. The summed E-state index contributed by atoms with van der Waals surface area (Å²) in [5, 5.41) is 13.3. The predicted molar refractivity (Wildman–Crippen MR) is 101 cm³/mol. The molecule has 1 heterocycles. The standard InChI is InChI=1S/C18H22Cl2N2O4/c1-18(2,3)22-17(24)16(20)15(10-21-22)26-11-12-5-6-14(13(19)9-12)25-8-4-7-23/h5-6,9-10,23H,4,7-8,11H2,1-3H3. The first kappa shape index (κ1) is 20.6. The number of rotatable bonds is 7. The van der Waals surface area contributed by atoms with Crippen LogP contribution in [0.1, 0.15) is 32.8 Å². The molecule has 0 unspecified atom stereocenters. The van der Waals surface area contributed by atoms with E-state index in [1.54, 1.807) is 18.2 Å². The van der Waals surface area contributed by atoms with Crippen molar-refractivity contribution in [2.75, 3.05) is 13.2 Å². The summed E-state index contributed by atoms with van der Waals surface area (Å²) in [6.45, 7) is 6.22. The molecule has 0 bridgehead atoms. The summed E-state index contributed by atoms with van der Waals surface area (Å²) in [6.07, 6.45) is 1.97. The molecule has 0 aliphatic heterocycles. The number of aliphatic hydroxyl groups excluding tert-OH is 1. The number of aromatic nitrogens is 2. The first-order valence-electron chi connectivity index (χ1n) is 8.17. The number of benzene rings is 1. The smallest absolute Gasteiger partial charge is 0.289 e. The molecule has 0 radical (unpaired) electrons. The van der Waals surface area contributed by atoms with Crippen molar-refractivity contribution in [2.45, 2.75) is 39.3 Å². The van der Waals surface area contributed by atoms with E-state index < -0.39 is 11.1 Å². The maximum Gasteiger partial charge on any atom is 0.289 e. The fourth-order valence-electron chi connectivity index (χ4n) is 2.16. The second-order valence-electron chi connectivity index (χ2n) is 6.69. The Morgan fingerprint density at radius 3 is 2.54 bits per heavy atom. The van der Waals surface area contributed by atoms with Crippen molar-refractivity contribution >= 4 is 23.2 Å². The van der Waals surface area contributed by atoms with Crippen LogP contribution in [0.2, 0.25) is 10.0 Å². The van der Waals surface area contributed by atoms with E-state index in [1.807, 2.05) is 20.8 Å². The predicted octanol–water partition coefficient (Wildman–Crippen LogP) is 3.65. The Kier molecular flexibility index (Phi) is 6.92. The van der Waals surface area contributed by atoms with Gasteiger partial charge in [-0.25, -0.2) is 4.68 Å². The highest BCUT2D eigenvalue weighted by molar-refractivity contribution is 6.32. The van der Waals surface area contributed by atoms with E-state index in [1.165, 1.54) is 10.9 Å². The molecule has 2 rings (SSSR count). The van der Waals surface area contributed by atoms with Gasteiger partial charge in [0, 0.05) is 13.0 Å². The fourth-order valence-corrected chi connectivity index (χ4v) is 2.60. The van der Waals surface area contributed by atoms with Crippen LogP contribution in [0.3, 0.4) is 0 Å². The van der Waals surface area contributed by atoms with Gasteiger partial charge in [0.15, 0.2) is 10.8 Å². The minimum Gasteiger partial charge on any atom is -0.492 e. The number of hydrogen-bond acceptors (Lipinski definition) is 5. The van der Waals surface area contributed by atoms with Crippen molar-refractivity contribution in [3.05, 3.63) is 50.4 Å². The first-order valence-corrected chi connectivity index (χ1v) is 8.93. The van der Waals surface area contributed by atoms with Crippen LogP contribution in [0.25, 0.3) is 0 Å². The lowest BCUT2D eigenvalue weighted by Gasteiger charge is -2.21. The Bertz CT molecular complexity index is 816. The van der Waals surface area contributed by atoms with E-state index >= 15 is 0 Å². The van der Waals surface area contributed by atoms with E-state index in [0.29, 0.717) is 23.8 Å². The maximum absolute atomic E-state index is 12.3.